The van der Waals surface area contributed by atoms with Crippen LogP contribution in [0.3, 0.4) is 0 Å². The van der Waals surface area contributed by atoms with Crippen molar-refractivity contribution in [3.8, 4) is 0 Å². The van der Waals surface area contributed by atoms with Gasteiger partial charge in [-0.1, -0.05) is 30.3 Å². The molecule has 2 aromatic rings. The number of carbonyl (C=O) groups excluding carboxylic acids is 1. The first-order valence-corrected chi connectivity index (χ1v) is 7.31. The molecule has 1 unspecified atom stereocenters. The third-order valence-electron chi connectivity index (χ3n) is 3.80. The molecule has 124 valence electrons. The van der Waals surface area contributed by atoms with Crippen LogP contribution in [0.25, 0.3) is 0 Å². The smallest absolute Gasteiger partial charge is 0.237 e. The van der Waals surface area contributed by atoms with Crippen molar-refractivity contribution in [1.82, 2.24) is 15.6 Å². The normalized spacial score (nSPS) is 15.6. The van der Waals surface area contributed by atoms with E-state index in [2.05, 4.69) is 27.8 Å². The first-order valence-electron chi connectivity index (χ1n) is 7.31. The molecule has 0 saturated heterocycles. The van der Waals surface area contributed by atoms with Crippen LogP contribution < -0.4 is 10.6 Å². The minimum atomic E-state index is -0.136. The zero-order valence-electron chi connectivity index (χ0n) is 12.7. The summed E-state index contributed by atoms with van der Waals surface area (Å²) >= 11 is 0. The van der Waals surface area contributed by atoms with Crippen LogP contribution in [0.2, 0.25) is 0 Å². The number of nitrogens with zero attached hydrogens (tertiary/aromatic N) is 1. The summed E-state index contributed by atoms with van der Waals surface area (Å²) in [7, 11) is 0. The van der Waals surface area contributed by atoms with Crippen molar-refractivity contribution in [3.63, 3.8) is 0 Å². The van der Waals surface area contributed by atoms with Crippen molar-refractivity contribution in [2.45, 2.75) is 25.4 Å². The molecule has 1 aromatic heterocycles. The highest BCUT2D eigenvalue weighted by atomic mass is 35.5. The van der Waals surface area contributed by atoms with Crippen molar-refractivity contribution in [3.05, 3.63) is 65.5 Å². The SMILES string of the molecule is Cl.Cl.O=C(NCCc1ccccn1)C1Cc2ccccc2CN1. The number of carbonyl (C=O) groups is 1. The van der Waals surface area contributed by atoms with Gasteiger partial charge in [-0.25, -0.2) is 0 Å². The van der Waals surface area contributed by atoms with Gasteiger partial charge >= 0.3 is 0 Å². The highest BCUT2D eigenvalue weighted by Gasteiger charge is 2.23. The maximum atomic E-state index is 12.2. The van der Waals surface area contributed by atoms with E-state index in [0.29, 0.717) is 6.54 Å². The first-order chi connectivity index (χ1) is 10.3. The van der Waals surface area contributed by atoms with Gasteiger partial charge in [0, 0.05) is 31.4 Å². The van der Waals surface area contributed by atoms with Crippen LogP contribution in [0.15, 0.2) is 48.7 Å². The fourth-order valence-electron chi connectivity index (χ4n) is 2.62. The van der Waals surface area contributed by atoms with E-state index in [1.54, 1.807) is 6.20 Å². The van der Waals surface area contributed by atoms with Crippen LogP contribution in [0.5, 0.6) is 0 Å². The number of halogens is 2. The summed E-state index contributed by atoms with van der Waals surface area (Å²) in [6, 6.07) is 14.0. The molecule has 1 amide bonds. The number of rotatable bonds is 4. The fraction of sp³-hybridized carbons (Fsp3) is 0.294. The molecule has 1 aliphatic rings. The Balaban J connectivity index is 0.00000132. The molecular formula is C17H21Cl2N3O. The van der Waals surface area contributed by atoms with E-state index in [0.717, 1.165) is 25.1 Å². The van der Waals surface area contributed by atoms with Crippen LogP contribution in [0.1, 0.15) is 16.8 Å². The molecule has 0 bridgehead atoms. The second-order valence-corrected chi connectivity index (χ2v) is 5.27. The Morgan fingerprint density at radius 3 is 2.61 bits per heavy atom. The summed E-state index contributed by atoms with van der Waals surface area (Å²) in [6.07, 6.45) is 3.29. The van der Waals surface area contributed by atoms with Gasteiger partial charge in [0.2, 0.25) is 5.91 Å². The van der Waals surface area contributed by atoms with Crippen LogP contribution in [-0.2, 0) is 24.2 Å². The number of hydrogen-bond donors (Lipinski definition) is 2. The highest BCUT2D eigenvalue weighted by molar-refractivity contribution is 5.85. The Morgan fingerprint density at radius 2 is 1.87 bits per heavy atom. The van der Waals surface area contributed by atoms with E-state index in [1.807, 2.05) is 30.3 Å². The minimum Gasteiger partial charge on any atom is -0.354 e. The van der Waals surface area contributed by atoms with Gasteiger partial charge in [-0.2, -0.15) is 0 Å². The third-order valence-corrected chi connectivity index (χ3v) is 3.80. The number of pyridine rings is 1. The van der Waals surface area contributed by atoms with Gasteiger partial charge in [-0.05, 0) is 29.7 Å². The molecule has 6 heteroatoms. The van der Waals surface area contributed by atoms with Crippen LogP contribution in [-0.4, -0.2) is 23.5 Å². The maximum absolute atomic E-state index is 12.2. The summed E-state index contributed by atoms with van der Waals surface area (Å²) in [5.74, 6) is 0.0698. The van der Waals surface area contributed by atoms with Gasteiger partial charge < -0.3 is 10.6 Å². The quantitative estimate of drug-likeness (QED) is 0.886. The summed E-state index contributed by atoms with van der Waals surface area (Å²) in [5.41, 5.74) is 3.55. The summed E-state index contributed by atoms with van der Waals surface area (Å²) < 4.78 is 0. The molecule has 1 aliphatic heterocycles. The number of amides is 1. The molecule has 1 aromatic carbocycles. The third kappa shape index (κ3) is 5.20. The molecule has 2 heterocycles. The summed E-state index contributed by atoms with van der Waals surface area (Å²) in [5, 5.41) is 6.29. The Bertz CT molecular complexity index is 622. The number of fused-ring (bicyclic) bond motifs is 1. The van der Waals surface area contributed by atoms with Gasteiger partial charge in [0.1, 0.15) is 0 Å². The lowest BCUT2D eigenvalue weighted by Crippen LogP contribution is -2.48. The van der Waals surface area contributed by atoms with E-state index < -0.39 is 0 Å². The zero-order chi connectivity index (χ0) is 14.5. The topological polar surface area (TPSA) is 54.0 Å². The van der Waals surface area contributed by atoms with Crippen LogP contribution in [0, 0.1) is 0 Å². The number of benzene rings is 1. The lowest BCUT2D eigenvalue weighted by Gasteiger charge is -2.25. The Morgan fingerprint density at radius 1 is 1.13 bits per heavy atom. The van der Waals surface area contributed by atoms with E-state index in [-0.39, 0.29) is 36.8 Å². The minimum absolute atomic E-state index is 0. The molecule has 4 nitrogen and oxygen atoms in total. The Hall–Kier alpha value is -1.62. The predicted octanol–water partition coefficient (Wildman–Crippen LogP) is 2.30. The van der Waals surface area contributed by atoms with E-state index >= 15 is 0 Å². The molecule has 0 aliphatic carbocycles. The largest absolute Gasteiger partial charge is 0.354 e. The standard InChI is InChI=1S/C17H19N3O.2ClH/c21-17(19-10-8-15-7-3-4-9-18-15)16-11-13-5-1-2-6-14(13)12-20-16;;/h1-7,9,16,20H,8,10-12H2,(H,19,21);2*1H. The van der Waals surface area contributed by atoms with Crippen molar-refractivity contribution in [2.75, 3.05) is 6.54 Å². The average Bonchev–Trinajstić information content (AvgIpc) is 2.55. The molecule has 1 atom stereocenters. The van der Waals surface area contributed by atoms with Gasteiger partial charge in [-0.3, -0.25) is 9.78 Å². The monoisotopic (exact) mass is 353 g/mol. The molecule has 2 N–H and O–H groups in total. The van der Waals surface area contributed by atoms with E-state index in [9.17, 15) is 4.79 Å². The molecular weight excluding hydrogens is 333 g/mol. The first kappa shape index (κ1) is 19.4. The molecule has 3 rings (SSSR count). The number of nitrogens with one attached hydrogen (secondary N) is 2. The summed E-state index contributed by atoms with van der Waals surface area (Å²) in [6.45, 7) is 1.38. The maximum Gasteiger partial charge on any atom is 0.237 e. The molecule has 0 spiro atoms. The number of aromatic nitrogens is 1. The summed E-state index contributed by atoms with van der Waals surface area (Å²) in [4.78, 5) is 16.5. The Kier molecular flexibility index (Phi) is 8.03. The van der Waals surface area contributed by atoms with Gasteiger partial charge in [0.25, 0.3) is 0 Å². The Labute approximate surface area is 148 Å². The second-order valence-electron chi connectivity index (χ2n) is 5.27. The average molecular weight is 354 g/mol. The molecule has 23 heavy (non-hydrogen) atoms. The molecule has 0 radical (unpaired) electrons. The van der Waals surface area contributed by atoms with Crippen molar-refractivity contribution in [1.29, 1.82) is 0 Å². The van der Waals surface area contributed by atoms with Crippen molar-refractivity contribution >= 4 is 30.7 Å². The lowest BCUT2D eigenvalue weighted by atomic mass is 9.95. The molecule has 0 fully saturated rings. The van der Waals surface area contributed by atoms with Crippen LogP contribution in [0.4, 0.5) is 0 Å². The van der Waals surface area contributed by atoms with E-state index in [1.165, 1.54) is 11.1 Å². The van der Waals surface area contributed by atoms with Crippen molar-refractivity contribution < 1.29 is 4.79 Å². The molecule has 0 saturated carbocycles. The van der Waals surface area contributed by atoms with Gasteiger partial charge in [0.05, 0.1) is 6.04 Å². The van der Waals surface area contributed by atoms with Gasteiger partial charge in [0.15, 0.2) is 0 Å². The van der Waals surface area contributed by atoms with E-state index in [4.69, 9.17) is 0 Å². The van der Waals surface area contributed by atoms with Gasteiger partial charge in [-0.15, -0.1) is 24.8 Å². The lowest BCUT2D eigenvalue weighted by molar-refractivity contribution is -0.123. The van der Waals surface area contributed by atoms with Crippen molar-refractivity contribution in [2.24, 2.45) is 0 Å². The number of hydrogen-bond acceptors (Lipinski definition) is 3. The highest BCUT2D eigenvalue weighted by Crippen LogP contribution is 2.16. The predicted molar refractivity (Wildman–Crippen MR) is 96.2 cm³/mol. The zero-order valence-corrected chi connectivity index (χ0v) is 14.3. The fourth-order valence-corrected chi connectivity index (χ4v) is 2.62. The van der Waals surface area contributed by atoms with Crippen LogP contribution >= 0.6 is 24.8 Å². The second kappa shape index (κ2) is 9.50.